The van der Waals surface area contributed by atoms with E-state index in [4.69, 9.17) is 10.00 Å². The molecular formula is C16H14N4O2. The third-order valence-electron chi connectivity index (χ3n) is 2.71. The number of aliphatic imine (C=N–C) groups is 1. The number of carbonyl (C=O) groups excluding carboxylic acids is 1. The van der Waals surface area contributed by atoms with Gasteiger partial charge in [-0.2, -0.15) is 5.26 Å². The summed E-state index contributed by atoms with van der Waals surface area (Å²) in [5, 5.41) is 11.2. The summed E-state index contributed by atoms with van der Waals surface area (Å²) in [6.07, 6.45) is 5.06. The van der Waals surface area contributed by atoms with Crippen LogP contribution in [0.3, 0.4) is 0 Å². The van der Waals surface area contributed by atoms with E-state index in [2.05, 4.69) is 15.3 Å². The number of esters is 1. The van der Waals surface area contributed by atoms with Gasteiger partial charge in [0.05, 0.1) is 12.1 Å². The molecule has 0 atom stereocenters. The van der Waals surface area contributed by atoms with Crippen molar-refractivity contribution in [2.75, 3.05) is 13.2 Å². The highest BCUT2D eigenvalue weighted by atomic mass is 16.5. The zero-order valence-electron chi connectivity index (χ0n) is 11.8. The predicted molar refractivity (Wildman–Crippen MR) is 81.1 cm³/mol. The number of nitrogens with one attached hydrogen (secondary N) is 1. The maximum atomic E-state index is 11.7. The molecular weight excluding hydrogens is 280 g/mol. The van der Waals surface area contributed by atoms with Crippen LogP contribution in [0.4, 0.5) is 0 Å². The number of nitriles is 1. The summed E-state index contributed by atoms with van der Waals surface area (Å²) in [6, 6.07) is 12.3. The van der Waals surface area contributed by atoms with Gasteiger partial charge in [0.1, 0.15) is 12.4 Å². The van der Waals surface area contributed by atoms with Crippen molar-refractivity contribution in [1.29, 1.82) is 5.26 Å². The monoisotopic (exact) mass is 294 g/mol. The van der Waals surface area contributed by atoms with Crippen LogP contribution < -0.4 is 5.32 Å². The lowest BCUT2D eigenvalue weighted by Crippen LogP contribution is -2.20. The van der Waals surface area contributed by atoms with Crippen LogP contribution in [0.5, 0.6) is 0 Å². The SMILES string of the molecule is N#CNC(=NCCOC(=O)c1ccccc1)c1cccnc1. The molecule has 0 unspecified atom stereocenters. The van der Waals surface area contributed by atoms with Crippen LogP contribution in [0.15, 0.2) is 59.9 Å². The van der Waals surface area contributed by atoms with Gasteiger partial charge in [0, 0.05) is 18.0 Å². The molecule has 0 aliphatic carbocycles. The maximum Gasteiger partial charge on any atom is 0.338 e. The van der Waals surface area contributed by atoms with Gasteiger partial charge >= 0.3 is 5.97 Å². The van der Waals surface area contributed by atoms with Gasteiger partial charge < -0.3 is 4.74 Å². The van der Waals surface area contributed by atoms with E-state index in [0.29, 0.717) is 17.0 Å². The molecule has 22 heavy (non-hydrogen) atoms. The van der Waals surface area contributed by atoms with E-state index < -0.39 is 5.97 Å². The zero-order valence-corrected chi connectivity index (χ0v) is 11.8. The highest BCUT2D eigenvalue weighted by molar-refractivity contribution is 5.99. The van der Waals surface area contributed by atoms with Crippen LogP contribution in [0.1, 0.15) is 15.9 Å². The number of nitrogens with zero attached hydrogens (tertiary/aromatic N) is 3. The number of carbonyl (C=O) groups is 1. The second kappa shape index (κ2) is 8.17. The van der Waals surface area contributed by atoms with Crippen molar-refractivity contribution in [3.8, 4) is 6.19 Å². The lowest BCUT2D eigenvalue weighted by atomic mass is 10.2. The fourth-order valence-corrected chi connectivity index (χ4v) is 1.71. The average Bonchev–Trinajstić information content (AvgIpc) is 2.59. The Bertz CT molecular complexity index is 678. The molecule has 2 rings (SSSR count). The first kappa shape index (κ1) is 15.2. The largest absolute Gasteiger partial charge is 0.460 e. The molecule has 0 radical (unpaired) electrons. The summed E-state index contributed by atoms with van der Waals surface area (Å²) < 4.78 is 5.12. The summed E-state index contributed by atoms with van der Waals surface area (Å²) in [6.45, 7) is 0.377. The van der Waals surface area contributed by atoms with E-state index in [1.54, 1.807) is 48.8 Å². The molecule has 0 aliphatic heterocycles. The molecule has 0 saturated carbocycles. The topological polar surface area (TPSA) is 87.4 Å². The van der Waals surface area contributed by atoms with Gasteiger partial charge in [-0.25, -0.2) is 4.79 Å². The van der Waals surface area contributed by atoms with E-state index in [1.807, 2.05) is 12.3 Å². The van der Waals surface area contributed by atoms with E-state index in [1.165, 1.54) is 0 Å². The third-order valence-corrected chi connectivity index (χ3v) is 2.71. The average molecular weight is 294 g/mol. The number of aromatic nitrogens is 1. The van der Waals surface area contributed by atoms with Gasteiger partial charge in [-0.3, -0.25) is 15.3 Å². The fraction of sp³-hybridized carbons (Fsp3) is 0.125. The van der Waals surface area contributed by atoms with Crippen LogP contribution in [0.2, 0.25) is 0 Å². The van der Waals surface area contributed by atoms with Crippen LogP contribution in [0, 0.1) is 11.5 Å². The Balaban J connectivity index is 1.90. The Labute approximate surface area is 128 Å². The van der Waals surface area contributed by atoms with Crippen molar-refractivity contribution in [2.24, 2.45) is 4.99 Å². The van der Waals surface area contributed by atoms with Crippen molar-refractivity contribution >= 4 is 11.8 Å². The summed E-state index contributed by atoms with van der Waals surface area (Å²) in [4.78, 5) is 19.9. The molecule has 0 spiro atoms. The number of pyridine rings is 1. The number of amidine groups is 1. The van der Waals surface area contributed by atoms with Gasteiger partial charge in [0.2, 0.25) is 0 Å². The van der Waals surface area contributed by atoms with Crippen LogP contribution in [0.25, 0.3) is 0 Å². The van der Waals surface area contributed by atoms with Crippen LogP contribution in [-0.4, -0.2) is 29.9 Å². The van der Waals surface area contributed by atoms with Crippen molar-refractivity contribution < 1.29 is 9.53 Å². The van der Waals surface area contributed by atoms with Crippen molar-refractivity contribution in [1.82, 2.24) is 10.3 Å². The minimum atomic E-state index is -0.396. The first-order valence-electron chi connectivity index (χ1n) is 6.63. The van der Waals surface area contributed by atoms with E-state index in [0.717, 1.165) is 0 Å². The maximum absolute atomic E-state index is 11.7. The number of ether oxygens (including phenoxy) is 1. The van der Waals surface area contributed by atoms with Crippen molar-refractivity contribution in [2.45, 2.75) is 0 Å². The van der Waals surface area contributed by atoms with Crippen molar-refractivity contribution in [3.05, 3.63) is 66.0 Å². The lowest BCUT2D eigenvalue weighted by molar-refractivity contribution is 0.0517. The van der Waals surface area contributed by atoms with Gasteiger partial charge in [0.15, 0.2) is 6.19 Å². The molecule has 0 saturated heterocycles. The van der Waals surface area contributed by atoms with Crippen LogP contribution in [-0.2, 0) is 4.74 Å². The zero-order chi connectivity index (χ0) is 15.6. The summed E-state index contributed by atoms with van der Waals surface area (Å²) in [5.41, 5.74) is 1.19. The summed E-state index contributed by atoms with van der Waals surface area (Å²) in [7, 11) is 0. The van der Waals surface area contributed by atoms with Gasteiger partial charge in [-0.1, -0.05) is 18.2 Å². The Kier molecular flexibility index (Phi) is 5.64. The fourth-order valence-electron chi connectivity index (χ4n) is 1.71. The molecule has 0 aliphatic rings. The van der Waals surface area contributed by atoms with Gasteiger partial charge in [-0.15, -0.1) is 0 Å². The highest BCUT2D eigenvalue weighted by Gasteiger charge is 2.06. The van der Waals surface area contributed by atoms with E-state index >= 15 is 0 Å². The second-order valence-electron chi connectivity index (χ2n) is 4.21. The minimum Gasteiger partial charge on any atom is -0.460 e. The Morgan fingerprint density at radius 3 is 2.68 bits per heavy atom. The Hall–Kier alpha value is -3.20. The highest BCUT2D eigenvalue weighted by Crippen LogP contribution is 2.01. The molecule has 110 valence electrons. The first-order valence-corrected chi connectivity index (χ1v) is 6.63. The van der Waals surface area contributed by atoms with Gasteiger partial charge in [-0.05, 0) is 24.3 Å². The lowest BCUT2D eigenvalue weighted by Gasteiger charge is -2.05. The molecule has 6 heteroatoms. The second-order valence-corrected chi connectivity index (χ2v) is 4.21. The molecule has 0 fully saturated rings. The molecule has 2 aromatic rings. The van der Waals surface area contributed by atoms with Crippen LogP contribution >= 0.6 is 0 Å². The molecule has 1 aromatic carbocycles. The number of hydrogen-bond donors (Lipinski definition) is 1. The minimum absolute atomic E-state index is 0.130. The smallest absolute Gasteiger partial charge is 0.338 e. The standard InChI is InChI=1S/C16H14N4O2/c17-12-20-15(14-7-4-8-18-11-14)19-9-10-22-16(21)13-5-2-1-3-6-13/h1-8,11H,9-10H2,(H,19,20). The van der Waals surface area contributed by atoms with E-state index in [-0.39, 0.29) is 13.2 Å². The molecule has 0 amide bonds. The first-order chi connectivity index (χ1) is 10.8. The quantitative estimate of drug-likeness (QED) is 0.227. The van der Waals surface area contributed by atoms with E-state index in [9.17, 15) is 4.79 Å². The van der Waals surface area contributed by atoms with Gasteiger partial charge in [0.25, 0.3) is 0 Å². The molecule has 1 heterocycles. The third kappa shape index (κ3) is 4.42. The Morgan fingerprint density at radius 1 is 1.23 bits per heavy atom. The molecule has 0 bridgehead atoms. The number of benzene rings is 1. The number of rotatable bonds is 5. The predicted octanol–water partition coefficient (Wildman–Crippen LogP) is 1.76. The number of hydrogen-bond acceptors (Lipinski definition) is 5. The Morgan fingerprint density at radius 2 is 2.00 bits per heavy atom. The normalized spacial score (nSPS) is 10.6. The van der Waals surface area contributed by atoms with Crippen molar-refractivity contribution in [3.63, 3.8) is 0 Å². The molecule has 1 N–H and O–H groups in total. The molecule has 1 aromatic heterocycles. The molecule has 6 nitrogen and oxygen atoms in total. The summed E-state index contributed by atoms with van der Waals surface area (Å²) in [5.74, 6) is -0.00155. The summed E-state index contributed by atoms with van der Waals surface area (Å²) >= 11 is 0.